The summed E-state index contributed by atoms with van der Waals surface area (Å²) in [6.45, 7) is 7.81. The Balaban J connectivity index is 1.95. The molecule has 0 bridgehead atoms. The van der Waals surface area contributed by atoms with Crippen molar-refractivity contribution in [2.75, 3.05) is 0 Å². The van der Waals surface area contributed by atoms with Gasteiger partial charge in [-0.3, -0.25) is 0 Å². The second kappa shape index (κ2) is 7.85. The van der Waals surface area contributed by atoms with Gasteiger partial charge in [0.1, 0.15) is 12.4 Å². The van der Waals surface area contributed by atoms with E-state index in [4.69, 9.17) is 4.74 Å². The molecule has 1 aromatic heterocycles. The molecule has 0 radical (unpaired) electrons. The van der Waals surface area contributed by atoms with E-state index < -0.39 is 11.0 Å². The van der Waals surface area contributed by atoms with Gasteiger partial charge < -0.3 is 4.74 Å². The van der Waals surface area contributed by atoms with Crippen LogP contribution in [0.4, 0.5) is 4.39 Å². The van der Waals surface area contributed by atoms with Crippen molar-refractivity contribution in [2.24, 2.45) is 0 Å². The molecule has 0 amide bonds. The Labute approximate surface area is 145 Å². The van der Waals surface area contributed by atoms with Crippen molar-refractivity contribution in [3.63, 3.8) is 0 Å². The average molecular weight is 350 g/mol. The first-order valence-corrected chi connectivity index (χ1v) is 8.92. The van der Waals surface area contributed by atoms with Crippen molar-refractivity contribution in [2.45, 2.75) is 45.1 Å². The maximum Gasteiger partial charge on any atom is 0.213 e. The number of aromatic nitrogens is 1. The zero-order valence-electron chi connectivity index (χ0n) is 14.4. The van der Waals surface area contributed by atoms with Gasteiger partial charge in [-0.15, -0.1) is 0 Å². The molecule has 6 heteroatoms. The van der Waals surface area contributed by atoms with Crippen LogP contribution in [0.5, 0.6) is 5.88 Å². The maximum absolute atomic E-state index is 13.5. The molecule has 0 saturated heterocycles. The number of pyridine rings is 1. The Kier molecular flexibility index (Phi) is 6.07. The average Bonchev–Trinajstić information content (AvgIpc) is 2.53. The summed E-state index contributed by atoms with van der Waals surface area (Å²) in [7, 11) is -1.15. The molecule has 0 aliphatic heterocycles. The van der Waals surface area contributed by atoms with Crippen LogP contribution in [-0.4, -0.2) is 13.9 Å². The van der Waals surface area contributed by atoms with E-state index in [1.807, 2.05) is 33.8 Å². The van der Waals surface area contributed by atoms with Gasteiger partial charge in [0, 0.05) is 23.9 Å². The van der Waals surface area contributed by atoms with Crippen molar-refractivity contribution in [1.82, 2.24) is 9.71 Å². The van der Waals surface area contributed by atoms with Crippen LogP contribution in [0.25, 0.3) is 0 Å². The van der Waals surface area contributed by atoms with Crippen LogP contribution < -0.4 is 9.46 Å². The monoisotopic (exact) mass is 350 g/mol. The van der Waals surface area contributed by atoms with E-state index in [-0.39, 0.29) is 23.2 Å². The number of ether oxygens (including phenoxy) is 1. The molecular formula is C18H23FN2O2S. The molecule has 130 valence electrons. The van der Waals surface area contributed by atoms with Crippen LogP contribution in [0.15, 0.2) is 42.6 Å². The van der Waals surface area contributed by atoms with Gasteiger partial charge in [-0.1, -0.05) is 24.3 Å². The highest BCUT2D eigenvalue weighted by Gasteiger charge is 2.21. The van der Waals surface area contributed by atoms with Gasteiger partial charge in [0.2, 0.25) is 5.88 Å². The number of nitrogens with one attached hydrogen (secondary N) is 1. The third-order valence-electron chi connectivity index (χ3n) is 3.43. The molecule has 2 rings (SSSR count). The Morgan fingerprint density at radius 1 is 1.25 bits per heavy atom. The largest absolute Gasteiger partial charge is 0.473 e. The number of hydrogen-bond donors (Lipinski definition) is 1. The summed E-state index contributed by atoms with van der Waals surface area (Å²) in [4.78, 5) is 4.23. The summed E-state index contributed by atoms with van der Waals surface area (Å²) >= 11 is 0. The summed E-state index contributed by atoms with van der Waals surface area (Å²) in [5.41, 5.74) is 1.39. The first-order chi connectivity index (χ1) is 11.3. The quantitative estimate of drug-likeness (QED) is 0.859. The van der Waals surface area contributed by atoms with Gasteiger partial charge in [0.15, 0.2) is 0 Å². The molecule has 0 saturated carbocycles. The van der Waals surface area contributed by atoms with Crippen molar-refractivity contribution >= 4 is 11.0 Å². The number of hydrogen-bond acceptors (Lipinski definition) is 3. The third kappa shape index (κ3) is 5.11. The van der Waals surface area contributed by atoms with E-state index in [9.17, 15) is 8.60 Å². The zero-order valence-corrected chi connectivity index (χ0v) is 15.2. The van der Waals surface area contributed by atoms with Crippen LogP contribution in [0.2, 0.25) is 0 Å². The topological polar surface area (TPSA) is 51.2 Å². The lowest BCUT2D eigenvalue weighted by Crippen LogP contribution is -2.34. The van der Waals surface area contributed by atoms with Crippen molar-refractivity contribution < 1.29 is 13.3 Å². The van der Waals surface area contributed by atoms with Gasteiger partial charge in [-0.25, -0.2) is 18.3 Å². The summed E-state index contributed by atoms with van der Waals surface area (Å²) in [5.74, 6) is 0.128. The smallest absolute Gasteiger partial charge is 0.213 e. The first kappa shape index (κ1) is 18.5. The maximum atomic E-state index is 13.5. The molecule has 2 aromatic rings. The Hall–Kier alpha value is -1.79. The molecule has 0 spiro atoms. The van der Waals surface area contributed by atoms with Gasteiger partial charge >= 0.3 is 0 Å². The Morgan fingerprint density at radius 2 is 1.96 bits per heavy atom. The molecule has 0 aliphatic rings. The van der Waals surface area contributed by atoms with E-state index in [0.717, 1.165) is 5.56 Å². The second-order valence-corrected chi connectivity index (χ2v) is 8.53. The Morgan fingerprint density at radius 3 is 2.54 bits per heavy atom. The minimum atomic E-state index is -1.15. The fourth-order valence-electron chi connectivity index (χ4n) is 1.91. The lowest BCUT2D eigenvalue weighted by atomic mass is 10.2. The molecule has 24 heavy (non-hydrogen) atoms. The van der Waals surface area contributed by atoms with E-state index in [1.165, 1.54) is 6.07 Å². The molecule has 1 heterocycles. The molecule has 1 aromatic carbocycles. The van der Waals surface area contributed by atoms with Gasteiger partial charge in [0.25, 0.3) is 0 Å². The van der Waals surface area contributed by atoms with Gasteiger partial charge in [-0.2, -0.15) is 0 Å². The standard InChI is InChI=1S/C18H23FN2O2S/c1-13(21-24(22)18(2,3)4)14-9-10-17(20-11-14)23-12-15-7-5-6-8-16(15)19/h5-11,13,21H,12H2,1-4H3/t13-,24-/m1/s1. The van der Waals surface area contributed by atoms with Gasteiger partial charge in [-0.05, 0) is 39.3 Å². The SMILES string of the molecule is C[C@@H](N[S@](=O)C(C)(C)C)c1ccc(OCc2ccccc2F)nc1. The van der Waals surface area contributed by atoms with Crippen molar-refractivity contribution in [3.8, 4) is 5.88 Å². The number of benzene rings is 1. The molecule has 0 unspecified atom stereocenters. The summed E-state index contributed by atoms with van der Waals surface area (Å²) in [5, 5.41) is 0. The van der Waals surface area contributed by atoms with E-state index in [2.05, 4.69) is 9.71 Å². The van der Waals surface area contributed by atoms with Crippen LogP contribution in [0.3, 0.4) is 0 Å². The predicted molar refractivity (Wildman–Crippen MR) is 94.4 cm³/mol. The number of halogens is 1. The lowest BCUT2D eigenvalue weighted by Gasteiger charge is -2.22. The molecule has 1 N–H and O–H groups in total. The summed E-state index contributed by atoms with van der Waals surface area (Å²) < 4.78 is 33.9. The van der Waals surface area contributed by atoms with Crippen LogP contribution in [-0.2, 0) is 17.6 Å². The minimum absolute atomic E-state index is 0.0989. The highest BCUT2D eigenvalue weighted by Crippen LogP contribution is 2.19. The normalized spacial score (nSPS) is 14.2. The predicted octanol–water partition coefficient (Wildman–Crippen LogP) is 3.91. The molecule has 0 fully saturated rings. The Bertz CT molecular complexity index is 699. The van der Waals surface area contributed by atoms with E-state index in [0.29, 0.717) is 11.4 Å². The van der Waals surface area contributed by atoms with E-state index in [1.54, 1.807) is 30.5 Å². The second-order valence-electron chi connectivity index (χ2n) is 6.53. The molecular weight excluding hydrogens is 327 g/mol. The fraction of sp³-hybridized carbons (Fsp3) is 0.389. The lowest BCUT2D eigenvalue weighted by molar-refractivity contribution is 0.288. The molecule has 2 atom stereocenters. The zero-order chi connectivity index (χ0) is 17.7. The van der Waals surface area contributed by atoms with E-state index >= 15 is 0 Å². The molecule has 4 nitrogen and oxygen atoms in total. The van der Waals surface area contributed by atoms with Gasteiger partial charge in [0.05, 0.1) is 15.7 Å². The van der Waals surface area contributed by atoms with Crippen LogP contribution >= 0.6 is 0 Å². The van der Waals surface area contributed by atoms with Crippen LogP contribution in [0, 0.1) is 5.82 Å². The minimum Gasteiger partial charge on any atom is -0.473 e. The van der Waals surface area contributed by atoms with Crippen molar-refractivity contribution in [1.29, 1.82) is 0 Å². The van der Waals surface area contributed by atoms with Crippen molar-refractivity contribution in [3.05, 3.63) is 59.5 Å². The highest BCUT2D eigenvalue weighted by atomic mass is 32.2. The number of rotatable bonds is 6. The fourth-order valence-corrected chi connectivity index (χ4v) is 2.72. The van der Waals surface area contributed by atoms with Crippen LogP contribution in [0.1, 0.15) is 44.9 Å². The summed E-state index contributed by atoms with van der Waals surface area (Å²) in [6.07, 6.45) is 1.67. The molecule has 0 aliphatic carbocycles. The number of nitrogens with zero attached hydrogens (tertiary/aromatic N) is 1. The third-order valence-corrected chi connectivity index (χ3v) is 5.11. The summed E-state index contributed by atoms with van der Waals surface area (Å²) in [6, 6.07) is 9.98. The first-order valence-electron chi connectivity index (χ1n) is 7.77. The highest BCUT2D eigenvalue weighted by molar-refractivity contribution is 7.84.